The van der Waals surface area contributed by atoms with Gasteiger partial charge in [-0.05, 0) is 54.1 Å². The second kappa shape index (κ2) is 8.68. The van der Waals surface area contributed by atoms with E-state index in [0.717, 1.165) is 4.47 Å². The number of nitrogens with zero attached hydrogens (tertiary/aromatic N) is 1. The lowest BCUT2D eigenvalue weighted by molar-refractivity contribution is -0.132. The Morgan fingerprint density at radius 2 is 1.69 bits per heavy atom. The van der Waals surface area contributed by atoms with Crippen LogP contribution in [0.2, 0.25) is 5.02 Å². The summed E-state index contributed by atoms with van der Waals surface area (Å²) in [7, 11) is 1.53. The van der Waals surface area contributed by atoms with Crippen molar-refractivity contribution in [3.05, 3.63) is 92.9 Å². The van der Waals surface area contributed by atoms with Crippen LogP contribution in [0.15, 0.2) is 76.8 Å². The quantitative estimate of drug-likeness (QED) is 0.275. The molecule has 1 saturated heterocycles. The van der Waals surface area contributed by atoms with Crippen LogP contribution in [0.25, 0.3) is 5.76 Å². The minimum Gasteiger partial charge on any atom is -0.507 e. The maximum atomic E-state index is 13.1. The maximum Gasteiger partial charge on any atom is 0.300 e. The number of Topliss-reactive ketones (excluding diaryl/α,β-unsaturated/α-hetero) is 1. The summed E-state index contributed by atoms with van der Waals surface area (Å²) in [4.78, 5) is 27.5. The Kier molecular flexibility index (Phi) is 5.95. The van der Waals surface area contributed by atoms with E-state index >= 15 is 0 Å². The number of phenolic OH excluding ortho intramolecular Hbond substituents is 1. The third-order valence-electron chi connectivity index (χ3n) is 5.20. The van der Waals surface area contributed by atoms with Crippen molar-refractivity contribution in [1.29, 1.82) is 0 Å². The Balaban J connectivity index is 1.94. The summed E-state index contributed by atoms with van der Waals surface area (Å²) in [6.45, 7) is 0. The molecule has 1 heterocycles. The largest absolute Gasteiger partial charge is 0.507 e. The van der Waals surface area contributed by atoms with E-state index < -0.39 is 17.7 Å². The number of hydrogen-bond acceptors (Lipinski definition) is 5. The predicted octanol–water partition coefficient (Wildman–Crippen LogP) is 5.44. The number of aliphatic hydroxyl groups excluding tert-OH is 1. The van der Waals surface area contributed by atoms with Gasteiger partial charge in [-0.25, -0.2) is 0 Å². The lowest BCUT2D eigenvalue weighted by atomic mass is 9.95. The summed E-state index contributed by atoms with van der Waals surface area (Å²) in [5, 5.41) is 21.0. The van der Waals surface area contributed by atoms with E-state index in [1.165, 1.54) is 24.1 Å². The SMILES string of the molecule is COc1ccc(N2C(=O)C(=O)/C(=C(\O)c3ccc(Br)cc3)C2c2ccc(O)c(Cl)c2)cc1. The van der Waals surface area contributed by atoms with Gasteiger partial charge in [0.2, 0.25) is 0 Å². The average molecular weight is 515 g/mol. The Morgan fingerprint density at radius 1 is 1.03 bits per heavy atom. The second-order valence-corrected chi connectivity index (χ2v) is 8.41. The van der Waals surface area contributed by atoms with Crippen LogP contribution in [0.1, 0.15) is 17.2 Å². The van der Waals surface area contributed by atoms with Crippen molar-refractivity contribution < 1.29 is 24.5 Å². The first kappa shape index (κ1) is 21.9. The monoisotopic (exact) mass is 513 g/mol. The summed E-state index contributed by atoms with van der Waals surface area (Å²) in [5.41, 5.74) is 1.21. The molecule has 0 saturated carbocycles. The molecular weight excluding hydrogens is 498 g/mol. The highest BCUT2D eigenvalue weighted by Crippen LogP contribution is 2.43. The molecule has 3 aromatic carbocycles. The van der Waals surface area contributed by atoms with Crippen molar-refractivity contribution in [2.45, 2.75) is 6.04 Å². The van der Waals surface area contributed by atoms with Crippen LogP contribution in [-0.4, -0.2) is 29.0 Å². The molecule has 1 aliphatic heterocycles. The average Bonchev–Trinajstić information content (AvgIpc) is 3.06. The van der Waals surface area contributed by atoms with Crippen LogP contribution in [0, 0.1) is 0 Å². The van der Waals surface area contributed by atoms with Crippen molar-refractivity contribution in [3.8, 4) is 11.5 Å². The molecule has 6 nitrogen and oxygen atoms in total. The summed E-state index contributed by atoms with van der Waals surface area (Å²) in [6.07, 6.45) is 0. The normalized spacial score (nSPS) is 17.6. The van der Waals surface area contributed by atoms with Gasteiger partial charge in [0.25, 0.3) is 11.7 Å². The summed E-state index contributed by atoms with van der Waals surface area (Å²) in [5.74, 6) is -1.46. The van der Waals surface area contributed by atoms with Crippen molar-refractivity contribution in [3.63, 3.8) is 0 Å². The number of aliphatic hydroxyl groups is 1. The molecule has 1 unspecified atom stereocenters. The maximum absolute atomic E-state index is 13.1. The fourth-order valence-electron chi connectivity index (χ4n) is 3.61. The van der Waals surface area contributed by atoms with Crippen molar-refractivity contribution >= 4 is 50.7 Å². The predicted molar refractivity (Wildman–Crippen MR) is 125 cm³/mol. The van der Waals surface area contributed by atoms with Gasteiger partial charge >= 0.3 is 0 Å². The summed E-state index contributed by atoms with van der Waals surface area (Å²) in [6, 6.07) is 16.8. The molecule has 1 fully saturated rings. The zero-order valence-electron chi connectivity index (χ0n) is 16.8. The first-order valence-corrected chi connectivity index (χ1v) is 10.7. The van der Waals surface area contributed by atoms with Gasteiger partial charge in [-0.3, -0.25) is 14.5 Å². The van der Waals surface area contributed by atoms with Crippen LogP contribution in [0.4, 0.5) is 5.69 Å². The van der Waals surface area contributed by atoms with Crippen LogP contribution in [-0.2, 0) is 9.59 Å². The van der Waals surface area contributed by atoms with Crippen molar-refractivity contribution in [1.82, 2.24) is 0 Å². The molecule has 4 rings (SSSR count). The third kappa shape index (κ3) is 3.85. The number of methoxy groups -OCH3 is 1. The number of carbonyl (C=O) groups is 2. The summed E-state index contributed by atoms with van der Waals surface area (Å²) < 4.78 is 5.98. The zero-order chi connectivity index (χ0) is 23.0. The highest BCUT2D eigenvalue weighted by atomic mass is 79.9. The van der Waals surface area contributed by atoms with E-state index in [9.17, 15) is 19.8 Å². The molecule has 0 spiro atoms. The zero-order valence-corrected chi connectivity index (χ0v) is 19.1. The molecule has 1 atom stereocenters. The van der Waals surface area contributed by atoms with Gasteiger partial charge in [-0.1, -0.05) is 45.7 Å². The summed E-state index contributed by atoms with van der Waals surface area (Å²) >= 11 is 9.46. The van der Waals surface area contributed by atoms with Gasteiger partial charge in [0.1, 0.15) is 17.3 Å². The van der Waals surface area contributed by atoms with Gasteiger partial charge in [0.15, 0.2) is 0 Å². The molecule has 2 N–H and O–H groups in total. The molecule has 0 radical (unpaired) electrons. The number of ketones is 1. The molecule has 1 aliphatic rings. The standard InChI is InChI=1S/C24H17BrClNO5/c1-32-17-9-7-16(8-10-17)27-21(14-4-11-19(28)18(26)12-14)20(23(30)24(27)31)22(29)13-2-5-15(25)6-3-13/h2-12,21,28-29H,1H3/b22-20-. The second-order valence-electron chi connectivity index (χ2n) is 7.08. The Hall–Kier alpha value is -3.29. The van der Waals surface area contributed by atoms with E-state index in [1.54, 1.807) is 54.6 Å². The molecule has 0 aromatic heterocycles. The Labute approximate surface area is 197 Å². The highest BCUT2D eigenvalue weighted by molar-refractivity contribution is 9.10. The minimum absolute atomic E-state index is 0.0615. The van der Waals surface area contributed by atoms with Crippen LogP contribution in [0.3, 0.4) is 0 Å². The Morgan fingerprint density at radius 3 is 2.28 bits per heavy atom. The number of amides is 1. The van der Waals surface area contributed by atoms with Crippen LogP contribution < -0.4 is 9.64 Å². The van der Waals surface area contributed by atoms with E-state index in [2.05, 4.69) is 15.9 Å². The van der Waals surface area contributed by atoms with E-state index in [0.29, 0.717) is 22.6 Å². The number of carbonyl (C=O) groups excluding carboxylic acids is 2. The molecule has 32 heavy (non-hydrogen) atoms. The van der Waals surface area contributed by atoms with Gasteiger partial charge < -0.3 is 14.9 Å². The number of rotatable bonds is 4. The highest BCUT2D eigenvalue weighted by Gasteiger charge is 2.47. The van der Waals surface area contributed by atoms with Gasteiger partial charge in [-0.15, -0.1) is 0 Å². The van der Waals surface area contributed by atoms with Gasteiger partial charge in [0.05, 0.1) is 23.7 Å². The van der Waals surface area contributed by atoms with E-state index in [1.807, 2.05) is 0 Å². The first-order chi connectivity index (χ1) is 15.3. The lowest BCUT2D eigenvalue weighted by Gasteiger charge is -2.25. The molecule has 0 aliphatic carbocycles. The van der Waals surface area contributed by atoms with Gasteiger partial charge in [0, 0.05) is 15.7 Å². The lowest BCUT2D eigenvalue weighted by Crippen LogP contribution is -2.29. The molecule has 8 heteroatoms. The van der Waals surface area contributed by atoms with Crippen LogP contribution in [0.5, 0.6) is 11.5 Å². The van der Waals surface area contributed by atoms with Crippen LogP contribution >= 0.6 is 27.5 Å². The molecule has 162 valence electrons. The van der Waals surface area contributed by atoms with E-state index in [-0.39, 0.29) is 22.1 Å². The number of aromatic hydroxyl groups is 1. The fourth-order valence-corrected chi connectivity index (χ4v) is 4.07. The number of anilines is 1. The smallest absolute Gasteiger partial charge is 0.300 e. The van der Waals surface area contributed by atoms with Gasteiger partial charge in [-0.2, -0.15) is 0 Å². The number of ether oxygens (including phenoxy) is 1. The minimum atomic E-state index is -0.954. The molecule has 1 amide bonds. The number of halogens is 2. The Bertz CT molecular complexity index is 1240. The number of benzene rings is 3. The third-order valence-corrected chi connectivity index (χ3v) is 6.03. The fraction of sp³-hybridized carbons (Fsp3) is 0.0833. The van der Waals surface area contributed by atoms with Crippen molar-refractivity contribution in [2.75, 3.05) is 12.0 Å². The van der Waals surface area contributed by atoms with E-state index in [4.69, 9.17) is 16.3 Å². The molecule has 0 bridgehead atoms. The first-order valence-electron chi connectivity index (χ1n) is 9.51. The molecule has 3 aromatic rings. The number of hydrogen-bond donors (Lipinski definition) is 2. The molecular formula is C24H17BrClNO5. The van der Waals surface area contributed by atoms with Crippen molar-refractivity contribution in [2.24, 2.45) is 0 Å². The topological polar surface area (TPSA) is 87.1 Å². The number of phenols is 1.